The molecule has 0 spiro atoms. The van der Waals surface area contributed by atoms with Crippen LogP contribution in [0.1, 0.15) is 28.3 Å². The summed E-state index contributed by atoms with van der Waals surface area (Å²) in [6, 6.07) is 8.73. The topological polar surface area (TPSA) is 56.1 Å². The predicted octanol–water partition coefficient (Wildman–Crippen LogP) is 3.61. The van der Waals surface area contributed by atoms with Crippen molar-refractivity contribution < 1.29 is 13.9 Å². The number of benzene rings is 1. The van der Waals surface area contributed by atoms with Crippen molar-refractivity contribution in [2.75, 3.05) is 12.4 Å². The summed E-state index contributed by atoms with van der Waals surface area (Å²) in [5.41, 5.74) is 1.31. The van der Waals surface area contributed by atoms with Crippen LogP contribution in [0.5, 0.6) is 5.75 Å². The van der Waals surface area contributed by atoms with Gasteiger partial charge in [-0.25, -0.2) is 9.07 Å². The van der Waals surface area contributed by atoms with Crippen LogP contribution < -0.4 is 10.1 Å². The molecule has 0 saturated heterocycles. The smallest absolute Gasteiger partial charge is 0.226 e. The van der Waals surface area contributed by atoms with Crippen LogP contribution >= 0.6 is 11.3 Å². The SMILES string of the molecule is COc1ccc([C@H]2CC(=O)Nc3c2cnn3Cc2cccs2)c(F)c1. The molecule has 1 N–H and O–H groups in total. The van der Waals surface area contributed by atoms with Gasteiger partial charge in [0, 0.05) is 28.8 Å². The van der Waals surface area contributed by atoms with Crippen molar-refractivity contribution in [1.29, 1.82) is 0 Å². The maximum absolute atomic E-state index is 14.5. The van der Waals surface area contributed by atoms with E-state index in [0.717, 1.165) is 10.4 Å². The Morgan fingerprint density at radius 3 is 3.00 bits per heavy atom. The van der Waals surface area contributed by atoms with Crippen molar-refractivity contribution in [3.05, 3.63) is 63.7 Å². The Morgan fingerprint density at radius 2 is 2.28 bits per heavy atom. The van der Waals surface area contributed by atoms with E-state index >= 15 is 0 Å². The number of methoxy groups -OCH3 is 1. The Hall–Kier alpha value is -2.67. The van der Waals surface area contributed by atoms with Gasteiger partial charge in [0.05, 0.1) is 19.9 Å². The van der Waals surface area contributed by atoms with E-state index in [9.17, 15) is 9.18 Å². The second kappa shape index (κ2) is 6.33. The van der Waals surface area contributed by atoms with Gasteiger partial charge in [-0.1, -0.05) is 12.1 Å². The maximum Gasteiger partial charge on any atom is 0.226 e. The molecule has 25 heavy (non-hydrogen) atoms. The average molecular weight is 357 g/mol. The lowest BCUT2D eigenvalue weighted by molar-refractivity contribution is -0.116. The third-order valence-corrected chi connectivity index (χ3v) is 5.22. The summed E-state index contributed by atoms with van der Waals surface area (Å²) < 4.78 is 21.3. The Morgan fingerprint density at radius 1 is 1.40 bits per heavy atom. The number of carbonyl (C=O) groups excluding carboxylic acids is 1. The van der Waals surface area contributed by atoms with Crippen LogP contribution in [0, 0.1) is 5.82 Å². The number of hydrogen-bond donors (Lipinski definition) is 1. The zero-order chi connectivity index (χ0) is 17.4. The van der Waals surface area contributed by atoms with Crippen LogP contribution in [-0.2, 0) is 11.3 Å². The van der Waals surface area contributed by atoms with E-state index in [1.54, 1.807) is 34.3 Å². The van der Waals surface area contributed by atoms with Gasteiger partial charge in [-0.2, -0.15) is 5.10 Å². The molecule has 5 nitrogen and oxygen atoms in total. The van der Waals surface area contributed by atoms with Gasteiger partial charge in [-0.05, 0) is 23.1 Å². The Labute approximate surface area is 148 Å². The van der Waals surface area contributed by atoms with Crippen LogP contribution in [0.25, 0.3) is 0 Å². The van der Waals surface area contributed by atoms with Gasteiger partial charge in [-0.15, -0.1) is 11.3 Å². The number of aromatic nitrogens is 2. The first-order chi connectivity index (χ1) is 12.2. The van der Waals surface area contributed by atoms with Crippen LogP contribution in [0.2, 0.25) is 0 Å². The number of ether oxygens (including phenoxy) is 1. The zero-order valence-electron chi connectivity index (χ0n) is 13.5. The van der Waals surface area contributed by atoms with Gasteiger partial charge in [0.2, 0.25) is 5.91 Å². The Bertz CT molecular complexity index is 921. The summed E-state index contributed by atoms with van der Waals surface area (Å²) in [7, 11) is 1.50. The fraction of sp³-hybridized carbons (Fsp3) is 0.222. The fourth-order valence-corrected chi connectivity index (χ4v) is 3.82. The molecule has 1 atom stereocenters. The third kappa shape index (κ3) is 2.91. The van der Waals surface area contributed by atoms with E-state index in [0.29, 0.717) is 23.7 Å². The molecule has 128 valence electrons. The molecule has 3 heterocycles. The lowest BCUT2D eigenvalue weighted by atomic mass is 9.87. The molecular formula is C18H16FN3O2S. The molecule has 0 unspecified atom stereocenters. The van der Waals surface area contributed by atoms with Crippen molar-refractivity contribution >= 4 is 23.1 Å². The molecular weight excluding hydrogens is 341 g/mol. The predicted molar refractivity (Wildman–Crippen MR) is 93.7 cm³/mol. The lowest BCUT2D eigenvalue weighted by Gasteiger charge is -2.24. The first-order valence-corrected chi connectivity index (χ1v) is 8.75. The monoisotopic (exact) mass is 357 g/mol. The second-order valence-electron chi connectivity index (χ2n) is 5.88. The minimum atomic E-state index is -0.379. The molecule has 4 rings (SSSR count). The van der Waals surface area contributed by atoms with Gasteiger partial charge in [0.15, 0.2) is 0 Å². The molecule has 0 saturated carbocycles. The van der Waals surface area contributed by atoms with E-state index in [4.69, 9.17) is 4.74 Å². The van der Waals surface area contributed by atoms with Crippen molar-refractivity contribution in [2.24, 2.45) is 0 Å². The number of rotatable bonds is 4. The summed E-state index contributed by atoms with van der Waals surface area (Å²) in [6.45, 7) is 0.574. The maximum atomic E-state index is 14.5. The van der Waals surface area contributed by atoms with Crippen molar-refractivity contribution in [1.82, 2.24) is 9.78 Å². The normalized spacial score (nSPS) is 16.4. The van der Waals surface area contributed by atoms with Crippen LogP contribution in [-0.4, -0.2) is 22.8 Å². The molecule has 0 fully saturated rings. The quantitative estimate of drug-likeness (QED) is 0.776. The van der Waals surface area contributed by atoms with Gasteiger partial charge < -0.3 is 10.1 Å². The fourth-order valence-electron chi connectivity index (χ4n) is 3.13. The summed E-state index contributed by atoms with van der Waals surface area (Å²) in [6.07, 6.45) is 1.91. The number of anilines is 1. The minimum absolute atomic E-state index is 0.138. The molecule has 0 aliphatic carbocycles. The summed E-state index contributed by atoms with van der Waals surface area (Å²) in [5, 5.41) is 9.29. The first kappa shape index (κ1) is 15.8. The number of hydrogen-bond acceptors (Lipinski definition) is 4. The number of nitrogens with zero attached hydrogens (tertiary/aromatic N) is 2. The standard InChI is InChI=1S/C18H16FN3O2S/c1-24-11-4-5-13(16(19)7-11)14-8-17(23)21-18-15(14)9-20-22(18)10-12-3-2-6-25-12/h2-7,9,14H,8,10H2,1H3,(H,21,23)/t14-/m1/s1. The molecule has 3 aromatic rings. The second-order valence-corrected chi connectivity index (χ2v) is 6.91. The van der Waals surface area contributed by atoms with Gasteiger partial charge >= 0.3 is 0 Å². The molecule has 0 radical (unpaired) electrons. The van der Waals surface area contributed by atoms with Crippen molar-refractivity contribution in [3.63, 3.8) is 0 Å². The number of nitrogens with one attached hydrogen (secondary N) is 1. The van der Waals surface area contributed by atoms with Crippen molar-refractivity contribution in [3.8, 4) is 5.75 Å². The van der Waals surface area contributed by atoms with Crippen molar-refractivity contribution in [2.45, 2.75) is 18.9 Å². The van der Waals surface area contributed by atoms with Crippen LogP contribution in [0.15, 0.2) is 41.9 Å². The highest BCUT2D eigenvalue weighted by molar-refractivity contribution is 7.09. The lowest BCUT2D eigenvalue weighted by Crippen LogP contribution is -2.25. The number of fused-ring (bicyclic) bond motifs is 1. The largest absolute Gasteiger partial charge is 0.497 e. The zero-order valence-corrected chi connectivity index (χ0v) is 14.3. The summed E-state index contributed by atoms with van der Waals surface area (Å²) in [5.74, 6) is 0.225. The molecule has 1 amide bonds. The molecule has 0 bridgehead atoms. The minimum Gasteiger partial charge on any atom is -0.497 e. The van der Waals surface area contributed by atoms with Gasteiger partial charge in [0.25, 0.3) is 0 Å². The third-order valence-electron chi connectivity index (χ3n) is 4.36. The number of carbonyl (C=O) groups is 1. The van der Waals surface area contributed by atoms with Gasteiger partial charge in [0.1, 0.15) is 17.4 Å². The number of thiophene rings is 1. The summed E-state index contributed by atoms with van der Waals surface area (Å²) in [4.78, 5) is 13.3. The summed E-state index contributed by atoms with van der Waals surface area (Å²) >= 11 is 1.63. The van der Waals surface area contributed by atoms with E-state index in [1.165, 1.54) is 13.2 Å². The Kier molecular flexibility index (Phi) is 4.01. The highest BCUT2D eigenvalue weighted by atomic mass is 32.1. The van der Waals surface area contributed by atoms with E-state index < -0.39 is 0 Å². The molecule has 1 aliphatic rings. The van der Waals surface area contributed by atoms with Gasteiger partial charge in [-0.3, -0.25) is 4.79 Å². The molecule has 7 heteroatoms. The number of amides is 1. The highest BCUT2D eigenvalue weighted by Gasteiger charge is 2.31. The average Bonchev–Trinajstić information content (AvgIpc) is 3.25. The molecule has 1 aliphatic heterocycles. The highest BCUT2D eigenvalue weighted by Crippen LogP contribution is 2.39. The first-order valence-electron chi connectivity index (χ1n) is 7.87. The molecule has 2 aromatic heterocycles. The van der Waals surface area contributed by atoms with E-state index in [2.05, 4.69) is 10.4 Å². The van der Waals surface area contributed by atoms with E-state index in [1.807, 2.05) is 17.5 Å². The van der Waals surface area contributed by atoms with Crippen LogP contribution in [0.4, 0.5) is 10.2 Å². The number of halogens is 1. The van der Waals surface area contributed by atoms with Crippen LogP contribution in [0.3, 0.4) is 0 Å². The molecule has 1 aromatic carbocycles. The Balaban J connectivity index is 1.73. The van der Waals surface area contributed by atoms with E-state index in [-0.39, 0.29) is 24.1 Å².